The van der Waals surface area contributed by atoms with Gasteiger partial charge < -0.3 is 15.8 Å². The van der Waals surface area contributed by atoms with Gasteiger partial charge in [-0.05, 0) is 13.0 Å². The van der Waals surface area contributed by atoms with Crippen molar-refractivity contribution in [1.82, 2.24) is 19.7 Å². The number of aromatic nitrogens is 4. The molecule has 19 heavy (non-hydrogen) atoms. The highest BCUT2D eigenvalue weighted by atomic mass is 16.5. The zero-order valence-electron chi connectivity index (χ0n) is 10.6. The number of nitrogens with one attached hydrogen (secondary N) is 1. The number of carbonyl (C=O) groups is 1. The van der Waals surface area contributed by atoms with Crippen molar-refractivity contribution in [3.63, 3.8) is 0 Å². The Bertz CT molecular complexity index is 580. The van der Waals surface area contributed by atoms with E-state index in [0.717, 1.165) is 0 Å². The van der Waals surface area contributed by atoms with Crippen LogP contribution in [0.3, 0.4) is 0 Å². The number of hydrogen-bond acceptors (Lipinski definition) is 7. The van der Waals surface area contributed by atoms with Crippen LogP contribution in [0.15, 0.2) is 18.5 Å². The molecule has 8 heteroatoms. The lowest BCUT2D eigenvalue weighted by molar-refractivity contribution is 0.0603. The van der Waals surface area contributed by atoms with E-state index in [-0.39, 0.29) is 17.3 Å². The third kappa shape index (κ3) is 2.32. The van der Waals surface area contributed by atoms with Crippen molar-refractivity contribution in [3.8, 4) is 5.95 Å². The lowest BCUT2D eigenvalue weighted by atomic mass is 10.3. The summed E-state index contributed by atoms with van der Waals surface area (Å²) >= 11 is 0. The molecule has 0 aliphatic heterocycles. The average molecular weight is 262 g/mol. The summed E-state index contributed by atoms with van der Waals surface area (Å²) in [5.74, 6) is 0.207. The zero-order chi connectivity index (χ0) is 13.8. The van der Waals surface area contributed by atoms with E-state index < -0.39 is 5.97 Å². The van der Waals surface area contributed by atoms with E-state index in [1.165, 1.54) is 11.8 Å². The molecule has 0 saturated carbocycles. The maximum absolute atomic E-state index is 11.7. The Morgan fingerprint density at radius 2 is 2.16 bits per heavy atom. The molecule has 2 aromatic heterocycles. The fourth-order valence-electron chi connectivity index (χ4n) is 1.58. The number of carbonyl (C=O) groups excluding carboxylic acids is 1. The Morgan fingerprint density at radius 3 is 2.74 bits per heavy atom. The van der Waals surface area contributed by atoms with E-state index in [1.807, 2.05) is 6.92 Å². The lowest BCUT2D eigenvalue weighted by Crippen LogP contribution is -2.09. The summed E-state index contributed by atoms with van der Waals surface area (Å²) in [4.78, 5) is 19.8. The predicted molar refractivity (Wildman–Crippen MR) is 69.1 cm³/mol. The largest absolute Gasteiger partial charge is 0.465 e. The van der Waals surface area contributed by atoms with Crippen LogP contribution in [0, 0.1) is 0 Å². The van der Waals surface area contributed by atoms with Gasteiger partial charge in [-0.1, -0.05) is 0 Å². The molecule has 3 N–H and O–H groups in total. The molecule has 8 nitrogen and oxygen atoms in total. The van der Waals surface area contributed by atoms with E-state index in [1.54, 1.807) is 18.5 Å². The van der Waals surface area contributed by atoms with Crippen LogP contribution >= 0.6 is 0 Å². The van der Waals surface area contributed by atoms with Gasteiger partial charge >= 0.3 is 5.97 Å². The van der Waals surface area contributed by atoms with Gasteiger partial charge in [0.2, 0.25) is 0 Å². The second kappa shape index (κ2) is 5.34. The second-order valence-corrected chi connectivity index (χ2v) is 3.59. The van der Waals surface area contributed by atoms with Gasteiger partial charge in [-0.2, -0.15) is 4.68 Å². The van der Waals surface area contributed by atoms with Crippen molar-refractivity contribution < 1.29 is 9.53 Å². The molecule has 0 aliphatic carbocycles. The zero-order valence-corrected chi connectivity index (χ0v) is 10.6. The standard InChI is InChI=1S/C11H14N6O2/c1-3-13-9-7(10(18)19-2)8(12)17(16-9)11-14-5-4-6-15-11/h4-6H,3,12H2,1-2H3,(H,13,16). The number of anilines is 2. The molecular weight excluding hydrogens is 248 g/mol. The normalized spacial score (nSPS) is 10.2. The van der Waals surface area contributed by atoms with Crippen LogP contribution in [-0.4, -0.2) is 39.4 Å². The first-order chi connectivity index (χ1) is 9.19. The molecule has 0 fully saturated rings. The molecule has 0 amide bonds. The number of esters is 1. The SMILES string of the molecule is CCNc1nn(-c2ncccn2)c(N)c1C(=O)OC. The smallest absolute Gasteiger partial charge is 0.345 e. The topological polar surface area (TPSA) is 108 Å². The average Bonchev–Trinajstić information content (AvgIpc) is 2.76. The fraction of sp³-hybridized carbons (Fsp3) is 0.273. The van der Waals surface area contributed by atoms with Gasteiger partial charge in [-0.3, -0.25) is 0 Å². The first-order valence-electron chi connectivity index (χ1n) is 5.67. The Morgan fingerprint density at radius 1 is 1.47 bits per heavy atom. The molecule has 100 valence electrons. The van der Waals surface area contributed by atoms with Gasteiger partial charge in [-0.25, -0.2) is 14.8 Å². The summed E-state index contributed by atoms with van der Waals surface area (Å²) in [6.07, 6.45) is 3.13. The molecule has 0 spiro atoms. The molecule has 0 atom stereocenters. The molecule has 0 saturated heterocycles. The van der Waals surface area contributed by atoms with Crippen molar-refractivity contribution in [3.05, 3.63) is 24.0 Å². The van der Waals surface area contributed by atoms with Crippen molar-refractivity contribution in [2.45, 2.75) is 6.92 Å². The van der Waals surface area contributed by atoms with Crippen molar-refractivity contribution >= 4 is 17.6 Å². The predicted octanol–water partition coefficient (Wildman–Crippen LogP) is 0.463. The number of nitrogens with zero attached hydrogens (tertiary/aromatic N) is 4. The first-order valence-corrected chi connectivity index (χ1v) is 5.67. The van der Waals surface area contributed by atoms with Crippen LogP contribution in [0.2, 0.25) is 0 Å². The van der Waals surface area contributed by atoms with Crippen molar-refractivity contribution in [2.24, 2.45) is 0 Å². The van der Waals surface area contributed by atoms with E-state index >= 15 is 0 Å². The van der Waals surface area contributed by atoms with Crippen LogP contribution in [0.1, 0.15) is 17.3 Å². The number of rotatable bonds is 4. The summed E-state index contributed by atoms with van der Waals surface area (Å²) in [6, 6.07) is 1.68. The Balaban J connectivity index is 2.55. The van der Waals surface area contributed by atoms with E-state index in [9.17, 15) is 4.79 Å². The number of ether oxygens (including phenoxy) is 1. The molecule has 2 aromatic rings. The quantitative estimate of drug-likeness (QED) is 0.770. The fourth-order valence-corrected chi connectivity index (χ4v) is 1.58. The van der Waals surface area contributed by atoms with Gasteiger partial charge in [0.1, 0.15) is 11.4 Å². The maximum atomic E-state index is 11.7. The van der Waals surface area contributed by atoms with Gasteiger partial charge in [0.05, 0.1) is 7.11 Å². The van der Waals surface area contributed by atoms with E-state index in [4.69, 9.17) is 10.5 Å². The van der Waals surface area contributed by atoms with Crippen molar-refractivity contribution in [1.29, 1.82) is 0 Å². The van der Waals surface area contributed by atoms with Gasteiger partial charge in [0, 0.05) is 18.9 Å². The van der Waals surface area contributed by atoms with Crippen LogP contribution < -0.4 is 11.1 Å². The molecule has 0 unspecified atom stereocenters. The molecule has 0 aromatic carbocycles. The van der Waals surface area contributed by atoms with Gasteiger partial charge in [-0.15, -0.1) is 5.10 Å². The number of nitrogens with two attached hydrogens (primary N) is 1. The molecule has 2 rings (SSSR count). The minimum absolute atomic E-state index is 0.133. The number of nitrogen functional groups attached to an aromatic ring is 1. The summed E-state index contributed by atoms with van der Waals surface area (Å²) in [5, 5.41) is 7.15. The molecule has 0 radical (unpaired) electrons. The highest BCUT2D eigenvalue weighted by Gasteiger charge is 2.24. The van der Waals surface area contributed by atoms with Crippen LogP contribution in [0.4, 0.5) is 11.6 Å². The third-order valence-corrected chi connectivity index (χ3v) is 2.40. The van der Waals surface area contributed by atoms with Crippen LogP contribution in [-0.2, 0) is 4.74 Å². The van der Waals surface area contributed by atoms with Crippen LogP contribution in [0.25, 0.3) is 5.95 Å². The molecule has 0 aliphatic rings. The number of hydrogen-bond donors (Lipinski definition) is 2. The number of methoxy groups -OCH3 is 1. The van der Waals surface area contributed by atoms with Gasteiger partial charge in [0.15, 0.2) is 5.82 Å². The lowest BCUT2D eigenvalue weighted by Gasteiger charge is -2.02. The van der Waals surface area contributed by atoms with Crippen molar-refractivity contribution in [2.75, 3.05) is 24.7 Å². The Kier molecular flexibility index (Phi) is 3.60. The monoisotopic (exact) mass is 262 g/mol. The summed E-state index contributed by atoms with van der Waals surface area (Å²) < 4.78 is 6.00. The van der Waals surface area contributed by atoms with E-state index in [2.05, 4.69) is 20.4 Å². The Hall–Kier alpha value is -2.64. The molecule has 0 bridgehead atoms. The minimum atomic E-state index is -0.560. The maximum Gasteiger partial charge on any atom is 0.345 e. The van der Waals surface area contributed by atoms with Gasteiger partial charge in [0.25, 0.3) is 5.95 Å². The third-order valence-electron chi connectivity index (χ3n) is 2.40. The van der Waals surface area contributed by atoms with Crippen LogP contribution in [0.5, 0.6) is 0 Å². The second-order valence-electron chi connectivity index (χ2n) is 3.59. The Labute approximate surface area is 109 Å². The summed E-state index contributed by atoms with van der Waals surface area (Å²) in [6.45, 7) is 2.48. The van der Waals surface area contributed by atoms with E-state index in [0.29, 0.717) is 12.4 Å². The minimum Gasteiger partial charge on any atom is -0.465 e. The highest BCUT2D eigenvalue weighted by molar-refractivity contribution is 5.99. The first kappa shape index (κ1) is 12.8. The summed E-state index contributed by atoms with van der Waals surface area (Å²) in [7, 11) is 1.29. The highest BCUT2D eigenvalue weighted by Crippen LogP contribution is 2.24. The summed E-state index contributed by atoms with van der Waals surface area (Å²) in [5.41, 5.74) is 6.10. The molecule has 2 heterocycles. The molecular formula is C11H14N6O2.